The predicted octanol–water partition coefficient (Wildman–Crippen LogP) is 3.00. The third-order valence-electron chi connectivity index (χ3n) is 3.49. The summed E-state index contributed by atoms with van der Waals surface area (Å²) < 4.78 is 7.56. The molecule has 7 nitrogen and oxygen atoms in total. The maximum Gasteiger partial charge on any atom is 0.163 e. The van der Waals surface area contributed by atoms with E-state index in [-0.39, 0.29) is 0 Å². The van der Waals surface area contributed by atoms with Crippen molar-refractivity contribution in [3.8, 4) is 11.5 Å². The van der Waals surface area contributed by atoms with Gasteiger partial charge in [0.1, 0.15) is 23.6 Å². The van der Waals surface area contributed by atoms with E-state index in [9.17, 15) is 0 Å². The van der Waals surface area contributed by atoms with Crippen molar-refractivity contribution in [2.45, 2.75) is 13.5 Å². The molecule has 0 radical (unpaired) electrons. The van der Waals surface area contributed by atoms with E-state index in [2.05, 4.69) is 25.4 Å². The summed E-state index contributed by atoms with van der Waals surface area (Å²) in [7, 11) is 1.85. The second-order valence-electron chi connectivity index (χ2n) is 5.10. The van der Waals surface area contributed by atoms with E-state index in [1.54, 1.807) is 22.2 Å². The van der Waals surface area contributed by atoms with Crippen LogP contribution in [-0.4, -0.2) is 24.7 Å². The molecule has 4 heterocycles. The fraction of sp³-hybridized carbons (Fsp3) is 0.200. The molecule has 0 fully saturated rings. The van der Waals surface area contributed by atoms with Crippen molar-refractivity contribution < 1.29 is 4.42 Å². The average molecular weight is 326 g/mol. The molecule has 0 saturated heterocycles. The summed E-state index contributed by atoms with van der Waals surface area (Å²) in [4.78, 5) is 12.9. The first-order valence-corrected chi connectivity index (χ1v) is 7.96. The standard InChI is InChI=1S/C15H14N6OS/c1-9-20-12(7-23-9)13-4-3-10(22-13)5-16-14-11-6-19-21(2)15(11)18-8-17-14/h3-4,6-8H,5H2,1-2H3,(H,16,17,18). The number of fused-ring (bicyclic) bond motifs is 1. The van der Waals surface area contributed by atoms with Gasteiger partial charge in [0, 0.05) is 12.4 Å². The minimum absolute atomic E-state index is 0.532. The van der Waals surface area contributed by atoms with Gasteiger partial charge in [0.15, 0.2) is 11.4 Å². The molecule has 0 bridgehead atoms. The lowest BCUT2D eigenvalue weighted by molar-refractivity contribution is 0.529. The molecule has 0 saturated carbocycles. The van der Waals surface area contributed by atoms with Crippen LogP contribution in [0.4, 0.5) is 5.82 Å². The van der Waals surface area contributed by atoms with E-state index in [0.717, 1.165) is 39.1 Å². The Morgan fingerprint density at radius 1 is 1.30 bits per heavy atom. The highest BCUT2D eigenvalue weighted by Crippen LogP contribution is 2.24. The average Bonchev–Trinajstić information content (AvgIpc) is 3.26. The highest BCUT2D eigenvalue weighted by molar-refractivity contribution is 7.09. The van der Waals surface area contributed by atoms with Crippen LogP contribution < -0.4 is 5.32 Å². The lowest BCUT2D eigenvalue weighted by atomic mass is 10.3. The maximum absolute atomic E-state index is 5.84. The van der Waals surface area contributed by atoms with E-state index in [4.69, 9.17) is 4.42 Å². The van der Waals surface area contributed by atoms with Crippen LogP contribution in [0.25, 0.3) is 22.5 Å². The fourth-order valence-electron chi connectivity index (χ4n) is 2.36. The largest absolute Gasteiger partial charge is 0.458 e. The van der Waals surface area contributed by atoms with Crippen molar-refractivity contribution in [3.63, 3.8) is 0 Å². The van der Waals surface area contributed by atoms with E-state index in [1.165, 1.54) is 6.33 Å². The van der Waals surface area contributed by atoms with Gasteiger partial charge in [-0.1, -0.05) is 0 Å². The number of rotatable bonds is 4. The van der Waals surface area contributed by atoms with Crippen LogP contribution in [0, 0.1) is 6.92 Å². The summed E-state index contributed by atoms with van der Waals surface area (Å²) in [6.07, 6.45) is 3.28. The van der Waals surface area contributed by atoms with Gasteiger partial charge in [0.05, 0.1) is 23.1 Å². The molecule has 0 atom stereocenters. The number of nitrogens with one attached hydrogen (secondary N) is 1. The Bertz CT molecular complexity index is 969. The Hall–Kier alpha value is -2.74. The van der Waals surface area contributed by atoms with Crippen LogP contribution in [-0.2, 0) is 13.6 Å². The normalized spacial score (nSPS) is 11.2. The number of nitrogens with zero attached hydrogens (tertiary/aromatic N) is 5. The van der Waals surface area contributed by atoms with Crippen LogP contribution in [0.3, 0.4) is 0 Å². The lowest BCUT2D eigenvalue weighted by Crippen LogP contribution is -2.01. The monoisotopic (exact) mass is 326 g/mol. The molecule has 23 heavy (non-hydrogen) atoms. The second-order valence-corrected chi connectivity index (χ2v) is 6.16. The van der Waals surface area contributed by atoms with Gasteiger partial charge in [-0.15, -0.1) is 11.3 Å². The number of anilines is 1. The zero-order valence-electron chi connectivity index (χ0n) is 12.6. The van der Waals surface area contributed by atoms with Gasteiger partial charge in [-0.05, 0) is 19.1 Å². The molecular formula is C15H14N6OS. The molecule has 0 aliphatic heterocycles. The van der Waals surface area contributed by atoms with Gasteiger partial charge in [-0.2, -0.15) is 5.10 Å². The van der Waals surface area contributed by atoms with E-state index in [1.807, 2.05) is 31.5 Å². The molecule has 0 aromatic carbocycles. The van der Waals surface area contributed by atoms with Crippen LogP contribution in [0.2, 0.25) is 0 Å². The summed E-state index contributed by atoms with van der Waals surface area (Å²) in [6, 6.07) is 3.88. The van der Waals surface area contributed by atoms with Crippen LogP contribution in [0.1, 0.15) is 10.8 Å². The van der Waals surface area contributed by atoms with Gasteiger partial charge in [-0.25, -0.2) is 15.0 Å². The fourth-order valence-corrected chi connectivity index (χ4v) is 2.96. The molecule has 0 aliphatic carbocycles. The number of hydrogen-bond acceptors (Lipinski definition) is 7. The first-order valence-electron chi connectivity index (χ1n) is 7.08. The quantitative estimate of drug-likeness (QED) is 0.621. The Kier molecular flexibility index (Phi) is 3.30. The molecule has 116 valence electrons. The first kappa shape index (κ1) is 13.9. The topological polar surface area (TPSA) is 81.7 Å². The van der Waals surface area contributed by atoms with Gasteiger partial charge in [0.2, 0.25) is 0 Å². The van der Waals surface area contributed by atoms with Crippen LogP contribution >= 0.6 is 11.3 Å². The molecule has 1 N–H and O–H groups in total. The number of furan rings is 1. The summed E-state index contributed by atoms with van der Waals surface area (Å²) >= 11 is 1.61. The summed E-state index contributed by atoms with van der Waals surface area (Å²) in [5.74, 6) is 2.34. The van der Waals surface area contributed by atoms with E-state index >= 15 is 0 Å². The van der Waals surface area contributed by atoms with E-state index in [0.29, 0.717) is 6.54 Å². The molecule has 4 aromatic rings. The van der Waals surface area contributed by atoms with Crippen molar-refractivity contribution in [3.05, 3.63) is 40.8 Å². The number of aryl methyl sites for hydroxylation is 2. The van der Waals surface area contributed by atoms with Gasteiger partial charge < -0.3 is 9.73 Å². The van der Waals surface area contributed by atoms with Gasteiger partial charge >= 0.3 is 0 Å². The first-order chi connectivity index (χ1) is 11.2. The third-order valence-corrected chi connectivity index (χ3v) is 4.27. The summed E-state index contributed by atoms with van der Waals surface area (Å²) in [6.45, 7) is 2.51. The van der Waals surface area contributed by atoms with Crippen LogP contribution in [0.5, 0.6) is 0 Å². The second kappa shape index (κ2) is 5.47. The zero-order valence-corrected chi connectivity index (χ0v) is 13.5. The summed E-state index contributed by atoms with van der Waals surface area (Å²) in [5.41, 5.74) is 1.66. The van der Waals surface area contributed by atoms with Crippen molar-refractivity contribution in [1.29, 1.82) is 0 Å². The molecule has 0 unspecified atom stereocenters. The Balaban J connectivity index is 1.54. The molecular weight excluding hydrogens is 312 g/mol. The van der Waals surface area contributed by atoms with Crippen molar-refractivity contribution >= 4 is 28.2 Å². The van der Waals surface area contributed by atoms with Gasteiger partial charge in [0.25, 0.3) is 0 Å². The predicted molar refractivity (Wildman–Crippen MR) is 88.2 cm³/mol. The van der Waals surface area contributed by atoms with E-state index < -0.39 is 0 Å². The Morgan fingerprint density at radius 3 is 3.04 bits per heavy atom. The SMILES string of the molecule is Cc1nc(-c2ccc(CNc3ncnc4c3cnn4C)o2)cs1. The van der Waals surface area contributed by atoms with Crippen molar-refractivity contribution in [2.75, 3.05) is 5.32 Å². The number of hydrogen-bond donors (Lipinski definition) is 1. The smallest absolute Gasteiger partial charge is 0.163 e. The molecule has 4 rings (SSSR count). The number of aromatic nitrogens is 5. The highest BCUT2D eigenvalue weighted by atomic mass is 32.1. The van der Waals surface area contributed by atoms with Crippen molar-refractivity contribution in [2.24, 2.45) is 7.05 Å². The Labute approximate surface area is 136 Å². The molecule has 0 spiro atoms. The number of thiazole rings is 1. The van der Waals surface area contributed by atoms with Crippen molar-refractivity contribution in [1.82, 2.24) is 24.7 Å². The zero-order chi connectivity index (χ0) is 15.8. The Morgan fingerprint density at radius 2 is 2.22 bits per heavy atom. The molecule has 4 aromatic heterocycles. The highest BCUT2D eigenvalue weighted by Gasteiger charge is 2.10. The molecule has 0 aliphatic rings. The summed E-state index contributed by atoms with van der Waals surface area (Å²) in [5, 5.41) is 11.4. The molecule has 8 heteroatoms. The lowest BCUT2D eigenvalue weighted by Gasteiger charge is -2.04. The van der Waals surface area contributed by atoms with Crippen LogP contribution in [0.15, 0.2) is 34.5 Å². The third kappa shape index (κ3) is 2.57. The minimum Gasteiger partial charge on any atom is -0.458 e. The minimum atomic E-state index is 0.532. The molecule has 0 amide bonds. The van der Waals surface area contributed by atoms with Gasteiger partial charge in [-0.3, -0.25) is 4.68 Å². The maximum atomic E-state index is 5.84.